The number of hydrogen-bond donors (Lipinski definition) is 0. The minimum absolute atomic E-state index is 0.110. The molecule has 308 valence electrons. The summed E-state index contributed by atoms with van der Waals surface area (Å²) in [6.45, 7) is 6.25. The molecule has 1 unspecified atom stereocenters. The predicted octanol–water partition coefficient (Wildman–Crippen LogP) is 13.9. The van der Waals surface area contributed by atoms with Crippen LogP contribution in [0.2, 0.25) is 0 Å². The fourth-order valence-corrected chi connectivity index (χ4v) is 5.80. The Morgan fingerprint density at radius 3 is 1.43 bits per heavy atom. The lowest BCUT2D eigenvalue weighted by Crippen LogP contribution is -2.30. The Bertz CT molecular complexity index is 1050. The molecule has 0 N–H and O–H groups in total. The van der Waals surface area contributed by atoms with E-state index >= 15 is 0 Å². The summed E-state index contributed by atoms with van der Waals surface area (Å²) in [5, 5.41) is 0. The molecule has 0 aliphatic carbocycles. The summed E-state index contributed by atoms with van der Waals surface area (Å²) in [5.41, 5.74) is 0. The largest absolute Gasteiger partial charge is 0.462 e. The van der Waals surface area contributed by atoms with Crippen LogP contribution in [-0.4, -0.2) is 37.2 Å². The minimum atomic E-state index is -0.817. The first-order valence-electron chi connectivity index (χ1n) is 22.0. The van der Waals surface area contributed by atoms with Gasteiger partial charge in [-0.2, -0.15) is 0 Å². The van der Waals surface area contributed by atoms with Gasteiger partial charge < -0.3 is 14.2 Å². The highest BCUT2D eigenvalue weighted by molar-refractivity contribution is 5.72. The van der Waals surface area contributed by atoms with Crippen molar-refractivity contribution >= 4 is 17.9 Å². The molecule has 0 rings (SSSR count). The van der Waals surface area contributed by atoms with E-state index in [2.05, 4.69) is 75.5 Å². The molecule has 6 heteroatoms. The third kappa shape index (κ3) is 40.0. The topological polar surface area (TPSA) is 78.9 Å². The van der Waals surface area contributed by atoms with E-state index in [1.165, 1.54) is 70.6 Å². The van der Waals surface area contributed by atoms with E-state index in [4.69, 9.17) is 14.2 Å². The normalized spacial score (nSPS) is 12.7. The summed E-state index contributed by atoms with van der Waals surface area (Å²) in [6.07, 6.45) is 52.0. The Labute approximate surface area is 332 Å². The number of hydrogen-bond acceptors (Lipinski definition) is 6. The molecule has 0 radical (unpaired) electrons. The van der Waals surface area contributed by atoms with Gasteiger partial charge in [0.05, 0.1) is 6.42 Å². The van der Waals surface area contributed by atoms with Crippen molar-refractivity contribution in [2.24, 2.45) is 0 Å². The summed E-state index contributed by atoms with van der Waals surface area (Å²) in [5.74, 6) is -1.07. The van der Waals surface area contributed by atoms with Crippen molar-refractivity contribution in [1.82, 2.24) is 0 Å². The highest BCUT2D eigenvalue weighted by Gasteiger charge is 2.19. The average Bonchev–Trinajstić information content (AvgIpc) is 3.17. The highest BCUT2D eigenvalue weighted by atomic mass is 16.6. The molecule has 0 heterocycles. The lowest BCUT2D eigenvalue weighted by Gasteiger charge is -2.18. The van der Waals surface area contributed by atoms with Gasteiger partial charge in [0.25, 0.3) is 0 Å². The van der Waals surface area contributed by atoms with Crippen LogP contribution in [0.25, 0.3) is 0 Å². The zero-order valence-electron chi connectivity index (χ0n) is 35.0. The van der Waals surface area contributed by atoms with Crippen LogP contribution >= 0.6 is 0 Å². The summed E-state index contributed by atoms with van der Waals surface area (Å²) >= 11 is 0. The molecular formula is C48H80O6. The second-order valence-corrected chi connectivity index (χ2v) is 14.3. The molecular weight excluding hydrogens is 673 g/mol. The van der Waals surface area contributed by atoms with Crippen LogP contribution < -0.4 is 0 Å². The number of unbranched alkanes of at least 4 members (excludes halogenated alkanes) is 18. The number of carbonyl (C=O) groups excluding carboxylic acids is 3. The van der Waals surface area contributed by atoms with E-state index in [1.807, 2.05) is 12.2 Å². The van der Waals surface area contributed by atoms with E-state index in [-0.39, 0.29) is 38.0 Å². The first kappa shape index (κ1) is 50.9. The lowest BCUT2D eigenvalue weighted by atomic mass is 10.0. The maximum Gasteiger partial charge on any atom is 0.309 e. The van der Waals surface area contributed by atoms with Gasteiger partial charge in [-0.1, -0.05) is 196 Å². The summed E-state index contributed by atoms with van der Waals surface area (Å²) in [7, 11) is 0. The van der Waals surface area contributed by atoms with Gasteiger partial charge in [-0.05, 0) is 51.4 Å². The molecule has 0 saturated carbocycles. The van der Waals surface area contributed by atoms with Crippen molar-refractivity contribution in [1.29, 1.82) is 0 Å². The van der Waals surface area contributed by atoms with Gasteiger partial charge in [0.2, 0.25) is 0 Å². The number of rotatable bonds is 38. The van der Waals surface area contributed by atoms with E-state index in [0.29, 0.717) is 6.42 Å². The van der Waals surface area contributed by atoms with Crippen LogP contribution in [0, 0.1) is 0 Å². The molecule has 0 spiro atoms. The molecule has 0 aliphatic heterocycles. The third-order valence-electron chi connectivity index (χ3n) is 9.05. The molecule has 0 saturated heterocycles. The SMILES string of the molecule is CC\C=C/C=C\C=C/CCCCCCCC(=O)OC(COC(=O)C/C=C\C/C=C\C/C=C\CC)COC(=O)CCCCCCCCCCCCCCCC. The van der Waals surface area contributed by atoms with E-state index in [9.17, 15) is 14.4 Å². The Morgan fingerprint density at radius 1 is 0.426 bits per heavy atom. The summed E-state index contributed by atoms with van der Waals surface area (Å²) < 4.78 is 16.5. The van der Waals surface area contributed by atoms with Crippen LogP contribution in [0.4, 0.5) is 0 Å². The Hall–Kier alpha value is -3.15. The van der Waals surface area contributed by atoms with E-state index in [0.717, 1.165) is 83.5 Å². The fraction of sp³-hybridized carbons (Fsp3) is 0.688. The average molecular weight is 753 g/mol. The van der Waals surface area contributed by atoms with E-state index < -0.39 is 12.1 Å². The maximum absolute atomic E-state index is 12.7. The van der Waals surface area contributed by atoms with Crippen molar-refractivity contribution in [3.8, 4) is 0 Å². The van der Waals surface area contributed by atoms with Crippen LogP contribution in [0.1, 0.15) is 194 Å². The van der Waals surface area contributed by atoms with Gasteiger partial charge in [0.1, 0.15) is 13.2 Å². The van der Waals surface area contributed by atoms with Crippen LogP contribution in [0.3, 0.4) is 0 Å². The van der Waals surface area contributed by atoms with Crippen molar-refractivity contribution in [3.05, 3.63) is 72.9 Å². The Balaban J connectivity index is 4.45. The molecule has 0 aromatic rings. The predicted molar refractivity (Wildman–Crippen MR) is 228 cm³/mol. The first-order chi connectivity index (χ1) is 26.5. The van der Waals surface area contributed by atoms with Gasteiger partial charge in [-0.25, -0.2) is 0 Å². The molecule has 0 aliphatic rings. The van der Waals surface area contributed by atoms with Crippen molar-refractivity contribution in [3.63, 3.8) is 0 Å². The van der Waals surface area contributed by atoms with Crippen molar-refractivity contribution in [2.45, 2.75) is 200 Å². The van der Waals surface area contributed by atoms with E-state index in [1.54, 1.807) is 6.08 Å². The van der Waals surface area contributed by atoms with Crippen LogP contribution in [0.5, 0.6) is 0 Å². The molecule has 0 amide bonds. The molecule has 6 nitrogen and oxygen atoms in total. The zero-order valence-corrected chi connectivity index (χ0v) is 35.0. The molecule has 54 heavy (non-hydrogen) atoms. The van der Waals surface area contributed by atoms with Gasteiger partial charge in [0.15, 0.2) is 6.10 Å². The molecule has 0 bridgehead atoms. The summed E-state index contributed by atoms with van der Waals surface area (Å²) in [4.78, 5) is 37.6. The van der Waals surface area contributed by atoms with Crippen molar-refractivity contribution in [2.75, 3.05) is 13.2 Å². The highest BCUT2D eigenvalue weighted by Crippen LogP contribution is 2.14. The summed E-state index contributed by atoms with van der Waals surface area (Å²) in [6, 6.07) is 0. The zero-order chi connectivity index (χ0) is 39.4. The first-order valence-corrected chi connectivity index (χ1v) is 22.0. The number of carbonyl (C=O) groups is 3. The second-order valence-electron chi connectivity index (χ2n) is 14.3. The standard InChI is InChI=1S/C48H80O6/c1-4-7-10-13-16-19-21-23-25-26-29-32-35-38-41-47(50)53-44-45(43-52-46(49)40-37-34-31-28-18-15-12-9-6-3)54-48(51)42-39-36-33-30-27-24-22-20-17-14-11-8-5-2/h8-9,11-12,14,17-18,20,22,28,34,37,45H,4-7,10,13,15-16,19,21,23-27,29-33,35-36,38-44H2,1-3H3/b11-8-,12-9-,17-14-,22-20-,28-18-,37-34-. The molecule has 0 fully saturated rings. The quantitative estimate of drug-likeness (QED) is 0.0205. The van der Waals surface area contributed by atoms with Gasteiger partial charge >= 0.3 is 17.9 Å². The lowest BCUT2D eigenvalue weighted by molar-refractivity contribution is -0.166. The van der Waals surface area contributed by atoms with Crippen LogP contribution in [-0.2, 0) is 28.6 Å². The van der Waals surface area contributed by atoms with Gasteiger partial charge in [-0.15, -0.1) is 0 Å². The minimum Gasteiger partial charge on any atom is -0.462 e. The Morgan fingerprint density at radius 2 is 0.870 bits per heavy atom. The fourth-order valence-electron chi connectivity index (χ4n) is 5.80. The molecule has 0 aromatic carbocycles. The van der Waals surface area contributed by atoms with Gasteiger partial charge in [0, 0.05) is 12.8 Å². The smallest absolute Gasteiger partial charge is 0.309 e. The molecule has 0 aromatic heterocycles. The van der Waals surface area contributed by atoms with Gasteiger partial charge in [-0.3, -0.25) is 14.4 Å². The third-order valence-corrected chi connectivity index (χ3v) is 9.05. The maximum atomic E-state index is 12.7. The monoisotopic (exact) mass is 753 g/mol. The molecule has 1 atom stereocenters. The Kier molecular flexibility index (Phi) is 40.1. The number of allylic oxidation sites excluding steroid dienone is 11. The van der Waals surface area contributed by atoms with Crippen molar-refractivity contribution < 1.29 is 28.6 Å². The van der Waals surface area contributed by atoms with Crippen LogP contribution in [0.15, 0.2) is 72.9 Å². The second kappa shape index (κ2) is 42.6. The number of esters is 3. The number of ether oxygens (including phenoxy) is 3.